The largest absolute Gasteiger partial charge is 5.00 e. The van der Waals surface area contributed by atoms with E-state index in [-0.39, 0.29) is 86.5 Å². The molecule has 0 aromatic rings. The van der Waals surface area contributed by atoms with Crippen molar-refractivity contribution in [2.45, 2.75) is 0 Å². The molecule has 0 spiro atoms. The summed E-state index contributed by atoms with van der Waals surface area (Å²) in [5.74, 6) is 0. The smallest absolute Gasteiger partial charge is 2.00 e. The topological polar surface area (TPSA) is 28.5 Å². The second-order valence-corrected chi connectivity index (χ2v) is 0. The van der Waals surface area contributed by atoms with Crippen molar-refractivity contribution in [1.29, 1.82) is 0 Å². The minimum absolute atomic E-state index is 0. The molecular formula is MoNbNiOW+9. The standard InChI is InChI=1S/Mo.Nb.Ni.O.W/q+4;+5;+2;-2;. The average molecular weight is 447 g/mol. The van der Waals surface area contributed by atoms with Gasteiger partial charge in [0.05, 0.1) is 0 Å². The molecule has 0 aliphatic heterocycles. The molecule has 0 unspecified atom stereocenters. The molecule has 0 radical (unpaired) electrons. The number of hydrogen-bond acceptors (Lipinski definition) is 0. The van der Waals surface area contributed by atoms with E-state index in [0.29, 0.717) is 0 Å². The van der Waals surface area contributed by atoms with Crippen LogP contribution in [-0.4, -0.2) is 0 Å². The minimum atomic E-state index is 0. The first-order chi connectivity index (χ1) is 0. The molecule has 0 aliphatic rings. The van der Waals surface area contributed by atoms with E-state index in [9.17, 15) is 0 Å². The van der Waals surface area contributed by atoms with Crippen molar-refractivity contribution in [3.8, 4) is 0 Å². The molecule has 0 amide bonds. The quantitative estimate of drug-likeness (QED) is 0.464. The molecule has 0 bridgehead atoms. The summed E-state index contributed by atoms with van der Waals surface area (Å²) in [6, 6.07) is 0. The molecular weight excluding hydrogens is 447 g/mol. The van der Waals surface area contributed by atoms with Crippen molar-refractivity contribution in [2.24, 2.45) is 0 Å². The third kappa shape index (κ3) is 20.8. The molecule has 0 heterocycles. The summed E-state index contributed by atoms with van der Waals surface area (Å²) < 4.78 is 0. The van der Waals surface area contributed by atoms with Crippen LogP contribution in [0.1, 0.15) is 0 Å². The Hall–Kier alpha value is 2.57. The molecule has 1 nitrogen and oxygen atoms in total. The van der Waals surface area contributed by atoms with Crippen LogP contribution in [0.15, 0.2) is 0 Å². The van der Waals surface area contributed by atoms with Gasteiger partial charge in [-0.3, -0.25) is 0 Å². The van der Waals surface area contributed by atoms with Crippen LogP contribution in [-0.2, 0) is 86.5 Å². The summed E-state index contributed by atoms with van der Waals surface area (Å²) >= 11 is 0. The summed E-state index contributed by atoms with van der Waals surface area (Å²) in [4.78, 5) is 0. The Morgan fingerprint density at radius 1 is 1.00 bits per heavy atom. The normalized spacial score (nSPS) is 0. The van der Waals surface area contributed by atoms with Gasteiger partial charge < -0.3 is 5.48 Å². The maximum atomic E-state index is 0. The Kier molecular flexibility index (Phi) is 305. The summed E-state index contributed by atoms with van der Waals surface area (Å²) in [6.07, 6.45) is 0. The van der Waals surface area contributed by atoms with Crippen molar-refractivity contribution in [3.05, 3.63) is 0 Å². The van der Waals surface area contributed by atoms with Gasteiger partial charge in [0.2, 0.25) is 0 Å². The maximum absolute atomic E-state index is 0. The Balaban J connectivity index is 0. The third-order valence-electron chi connectivity index (χ3n) is 0. The second-order valence-electron chi connectivity index (χ2n) is 0. The molecule has 0 aromatic heterocycles. The van der Waals surface area contributed by atoms with Crippen molar-refractivity contribution in [3.63, 3.8) is 0 Å². The van der Waals surface area contributed by atoms with Gasteiger partial charge in [0.25, 0.3) is 0 Å². The summed E-state index contributed by atoms with van der Waals surface area (Å²) in [5.41, 5.74) is 0. The first kappa shape index (κ1) is 49.5. The first-order valence-electron chi connectivity index (χ1n) is 0. The van der Waals surface area contributed by atoms with Crippen molar-refractivity contribution < 1.29 is 86.5 Å². The predicted molar refractivity (Wildman–Crippen MR) is 0.686 cm³/mol. The van der Waals surface area contributed by atoms with E-state index in [1.807, 2.05) is 0 Å². The number of hydrogen-bond donors (Lipinski definition) is 0. The molecule has 0 saturated heterocycles. The molecule has 0 fully saturated rings. The maximum Gasteiger partial charge on any atom is 5.00 e. The van der Waals surface area contributed by atoms with Crippen LogP contribution < -0.4 is 0 Å². The van der Waals surface area contributed by atoms with Crippen LogP contribution in [0.25, 0.3) is 0 Å². The second kappa shape index (κ2) is 30.9. The molecule has 24 valence electrons. The fourth-order valence-electron chi connectivity index (χ4n) is 0. The fraction of sp³-hybridized carbons (Fsp3) is 0. The predicted octanol–water partition coefficient (Wildman–Crippen LogP) is -0.129. The van der Waals surface area contributed by atoms with Crippen LogP contribution in [0, 0.1) is 0 Å². The van der Waals surface area contributed by atoms with Crippen LogP contribution in [0.4, 0.5) is 0 Å². The van der Waals surface area contributed by atoms with Crippen molar-refractivity contribution in [1.82, 2.24) is 0 Å². The Bertz CT molecular complexity index is 11.6. The van der Waals surface area contributed by atoms with Gasteiger partial charge in [-0.15, -0.1) is 0 Å². The van der Waals surface area contributed by atoms with E-state index in [4.69, 9.17) is 0 Å². The third-order valence-corrected chi connectivity index (χ3v) is 0. The van der Waals surface area contributed by atoms with Gasteiger partial charge in [-0.2, -0.15) is 0 Å². The zero-order chi connectivity index (χ0) is 0. The first-order valence-corrected chi connectivity index (χ1v) is 0. The zero-order valence-electron chi connectivity index (χ0n) is 1.99. The molecule has 0 saturated carbocycles. The molecule has 0 N–H and O–H groups in total. The molecule has 0 atom stereocenters. The molecule has 5 heteroatoms. The van der Waals surface area contributed by atoms with Gasteiger partial charge in [0, 0.05) is 21.1 Å². The Morgan fingerprint density at radius 3 is 1.00 bits per heavy atom. The summed E-state index contributed by atoms with van der Waals surface area (Å²) in [6.45, 7) is 0. The van der Waals surface area contributed by atoms with Gasteiger partial charge in [0.15, 0.2) is 0 Å². The zero-order valence-corrected chi connectivity index (χ0v) is 10.1. The SMILES string of the molecule is [Mo+4].[Nb+5].[Ni+2].[O-2].[W]. The van der Waals surface area contributed by atoms with Crippen LogP contribution in [0.2, 0.25) is 0 Å². The molecule has 0 aliphatic carbocycles. The van der Waals surface area contributed by atoms with Gasteiger partial charge >= 0.3 is 59.9 Å². The summed E-state index contributed by atoms with van der Waals surface area (Å²) in [5, 5.41) is 0. The average Bonchev–Trinajstić information content (AvgIpc) is 0. The summed E-state index contributed by atoms with van der Waals surface area (Å²) in [7, 11) is 0. The van der Waals surface area contributed by atoms with Gasteiger partial charge in [-0.05, 0) is 0 Å². The van der Waals surface area contributed by atoms with E-state index >= 15 is 0 Å². The van der Waals surface area contributed by atoms with E-state index < -0.39 is 0 Å². The van der Waals surface area contributed by atoms with E-state index in [1.165, 1.54) is 0 Å². The van der Waals surface area contributed by atoms with Gasteiger partial charge in [-0.25, -0.2) is 0 Å². The molecule has 5 heavy (non-hydrogen) atoms. The Labute approximate surface area is 85.3 Å². The monoisotopic (exact) mass is 449 g/mol. The van der Waals surface area contributed by atoms with Gasteiger partial charge in [0.1, 0.15) is 0 Å². The number of rotatable bonds is 0. The van der Waals surface area contributed by atoms with Crippen LogP contribution in [0.5, 0.6) is 0 Å². The molecule has 0 rings (SSSR count). The Morgan fingerprint density at radius 2 is 1.00 bits per heavy atom. The van der Waals surface area contributed by atoms with E-state index in [1.54, 1.807) is 0 Å². The molecule has 0 aromatic carbocycles. The van der Waals surface area contributed by atoms with Crippen molar-refractivity contribution in [2.75, 3.05) is 0 Å². The van der Waals surface area contributed by atoms with Gasteiger partial charge in [-0.1, -0.05) is 0 Å². The fourth-order valence-corrected chi connectivity index (χ4v) is 0. The van der Waals surface area contributed by atoms with E-state index in [2.05, 4.69) is 0 Å². The van der Waals surface area contributed by atoms with E-state index in [0.717, 1.165) is 0 Å². The minimum Gasteiger partial charge on any atom is -2.00 e. The van der Waals surface area contributed by atoms with Crippen LogP contribution in [0.3, 0.4) is 0 Å². The van der Waals surface area contributed by atoms with Crippen LogP contribution >= 0.6 is 0 Å². The van der Waals surface area contributed by atoms with Crippen molar-refractivity contribution >= 4 is 0 Å².